The van der Waals surface area contributed by atoms with Crippen LogP contribution in [0.4, 0.5) is 5.69 Å². The van der Waals surface area contributed by atoms with Crippen molar-refractivity contribution in [3.63, 3.8) is 0 Å². The molecule has 23 heavy (non-hydrogen) atoms. The Balaban J connectivity index is 2.34. The number of sulfonamides is 1. The van der Waals surface area contributed by atoms with Gasteiger partial charge in [0, 0.05) is 29.8 Å². The maximum absolute atomic E-state index is 12.5. The van der Waals surface area contributed by atoms with E-state index in [1.807, 2.05) is 6.92 Å². The number of rotatable bonds is 4. The van der Waals surface area contributed by atoms with Gasteiger partial charge in [0.1, 0.15) is 0 Å². The van der Waals surface area contributed by atoms with E-state index in [4.69, 9.17) is 0 Å². The summed E-state index contributed by atoms with van der Waals surface area (Å²) in [5.74, 6) is -0.249. The molecule has 122 valence electrons. The summed E-state index contributed by atoms with van der Waals surface area (Å²) in [6.45, 7) is 1.87. The zero-order valence-corrected chi connectivity index (χ0v) is 15.4. The van der Waals surface area contributed by atoms with Crippen LogP contribution < -0.4 is 4.72 Å². The van der Waals surface area contributed by atoms with Gasteiger partial charge in [-0.05, 0) is 48.9 Å². The molecule has 0 spiro atoms. The summed E-state index contributed by atoms with van der Waals surface area (Å²) < 4.78 is 28.4. The minimum absolute atomic E-state index is 0.0470. The van der Waals surface area contributed by atoms with Crippen molar-refractivity contribution in [2.45, 2.75) is 11.8 Å². The van der Waals surface area contributed by atoms with Crippen molar-refractivity contribution in [3.05, 3.63) is 58.1 Å². The molecule has 0 heterocycles. The van der Waals surface area contributed by atoms with E-state index in [0.29, 0.717) is 11.3 Å². The van der Waals surface area contributed by atoms with Crippen LogP contribution in [-0.2, 0) is 10.0 Å². The van der Waals surface area contributed by atoms with Gasteiger partial charge in [0.15, 0.2) is 0 Å². The lowest BCUT2D eigenvalue weighted by Crippen LogP contribution is -2.22. The van der Waals surface area contributed by atoms with Crippen molar-refractivity contribution in [2.24, 2.45) is 0 Å². The van der Waals surface area contributed by atoms with E-state index in [2.05, 4.69) is 20.7 Å². The van der Waals surface area contributed by atoms with Gasteiger partial charge in [-0.2, -0.15) is 0 Å². The van der Waals surface area contributed by atoms with Crippen molar-refractivity contribution >= 4 is 37.5 Å². The lowest BCUT2D eigenvalue weighted by Gasteiger charge is -2.12. The summed E-state index contributed by atoms with van der Waals surface area (Å²) in [4.78, 5) is 13.4. The number of hydrogen-bond donors (Lipinski definition) is 1. The molecule has 1 N–H and O–H groups in total. The topological polar surface area (TPSA) is 66.5 Å². The summed E-state index contributed by atoms with van der Waals surface area (Å²) in [6.07, 6.45) is 0. The molecule has 0 bridgehead atoms. The highest BCUT2D eigenvalue weighted by Gasteiger charge is 2.17. The lowest BCUT2D eigenvalue weighted by molar-refractivity contribution is 0.0827. The third-order valence-electron chi connectivity index (χ3n) is 3.21. The number of aryl methyl sites for hydroxylation is 1. The molecule has 7 heteroatoms. The Morgan fingerprint density at radius 3 is 2.43 bits per heavy atom. The summed E-state index contributed by atoms with van der Waals surface area (Å²) in [6, 6.07) is 11.2. The lowest BCUT2D eigenvalue weighted by atomic mass is 10.2. The molecule has 0 radical (unpaired) electrons. The monoisotopic (exact) mass is 396 g/mol. The standard InChI is InChI=1S/C16H17BrN2O3S/c1-11-9-13(7-8-15(11)17)18-23(21,22)14-6-4-5-12(10-14)16(20)19(2)3/h4-10,18H,1-3H3. The molecule has 0 saturated carbocycles. The van der Waals surface area contributed by atoms with Gasteiger partial charge in [0.25, 0.3) is 15.9 Å². The highest BCUT2D eigenvalue weighted by Crippen LogP contribution is 2.23. The predicted octanol–water partition coefficient (Wildman–Crippen LogP) is 3.26. The minimum atomic E-state index is -3.76. The highest BCUT2D eigenvalue weighted by molar-refractivity contribution is 9.10. The molecule has 0 atom stereocenters. The van der Waals surface area contributed by atoms with Gasteiger partial charge in [-0.15, -0.1) is 0 Å². The molecule has 1 amide bonds. The Morgan fingerprint density at radius 2 is 1.83 bits per heavy atom. The van der Waals surface area contributed by atoms with Gasteiger partial charge in [-0.25, -0.2) is 8.42 Å². The van der Waals surface area contributed by atoms with Crippen LogP contribution in [0.2, 0.25) is 0 Å². The summed E-state index contributed by atoms with van der Waals surface area (Å²) in [7, 11) is -0.526. The molecular formula is C16H17BrN2O3S. The molecule has 2 rings (SSSR count). The molecule has 0 fully saturated rings. The minimum Gasteiger partial charge on any atom is -0.345 e. The van der Waals surface area contributed by atoms with Crippen molar-refractivity contribution in [1.82, 2.24) is 4.90 Å². The molecular weight excluding hydrogens is 380 g/mol. The van der Waals surface area contributed by atoms with E-state index in [0.717, 1.165) is 10.0 Å². The smallest absolute Gasteiger partial charge is 0.261 e. The number of anilines is 1. The van der Waals surface area contributed by atoms with E-state index < -0.39 is 10.0 Å². The number of benzene rings is 2. The number of carbonyl (C=O) groups is 1. The Morgan fingerprint density at radius 1 is 1.13 bits per heavy atom. The van der Waals surface area contributed by atoms with Crippen molar-refractivity contribution in [2.75, 3.05) is 18.8 Å². The first-order chi connectivity index (χ1) is 10.7. The highest BCUT2D eigenvalue weighted by atomic mass is 79.9. The number of nitrogens with zero attached hydrogens (tertiary/aromatic N) is 1. The normalized spacial score (nSPS) is 11.1. The summed E-state index contributed by atoms with van der Waals surface area (Å²) in [5.41, 5.74) is 1.71. The van der Waals surface area contributed by atoms with Crippen LogP contribution in [0.25, 0.3) is 0 Å². The maximum atomic E-state index is 12.5. The number of carbonyl (C=O) groups excluding carboxylic acids is 1. The van der Waals surface area contributed by atoms with Crippen LogP contribution in [-0.4, -0.2) is 33.3 Å². The van der Waals surface area contributed by atoms with Gasteiger partial charge in [0.2, 0.25) is 0 Å². The molecule has 2 aromatic carbocycles. The van der Waals surface area contributed by atoms with Gasteiger partial charge in [-0.3, -0.25) is 9.52 Å². The van der Waals surface area contributed by atoms with Crippen molar-refractivity contribution in [3.8, 4) is 0 Å². The Hall–Kier alpha value is -1.86. The first kappa shape index (κ1) is 17.5. The van der Waals surface area contributed by atoms with Gasteiger partial charge in [0.05, 0.1) is 4.90 Å². The second-order valence-electron chi connectivity index (χ2n) is 5.30. The largest absolute Gasteiger partial charge is 0.345 e. The molecule has 0 aliphatic carbocycles. The number of halogens is 1. The first-order valence-corrected chi connectivity index (χ1v) is 9.09. The Bertz CT molecular complexity index is 848. The van der Waals surface area contributed by atoms with E-state index in [1.54, 1.807) is 44.4 Å². The number of hydrogen-bond acceptors (Lipinski definition) is 3. The predicted molar refractivity (Wildman–Crippen MR) is 94.1 cm³/mol. The van der Waals surface area contributed by atoms with Gasteiger partial charge >= 0.3 is 0 Å². The molecule has 0 aliphatic rings. The van der Waals surface area contributed by atoms with E-state index >= 15 is 0 Å². The molecule has 0 aliphatic heterocycles. The maximum Gasteiger partial charge on any atom is 0.261 e. The van der Waals surface area contributed by atoms with Gasteiger partial charge < -0.3 is 4.90 Å². The Labute approximate surface area is 144 Å². The molecule has 5 nitrogen and oxygen atoms in total. The van der Waals surface area contributed by atoms with Crippen LogP contribution in [0.1, 0.15) is 15.9 Å². The fraction of sp³-hybridized carbons (Fsp3) is 0.188. The van der Waals surface area contributed by atoms with Crippen LogP contribution in [0, 0.1) is 6.92 Å². The SMILES string of the molecule is Cc1cc(NS(=O)(=O)c2cccc(C(=O)N(C)C)c2)ccc1Br. The molecule has 0 aromatic heterocycles. The quantitative estimate of drug-likeness (QED) is 0.861. The zero-order valence-electron chi connectivity index (χ0n) is 13.0. The molecule has 2 aromatic rings. The fourth-order valence-corrected chi connectivity index (χ4v) is 3.32. The van der Waals surface area contributed by atoms with Gasteiger partial charge in [-0.1, -0.05) is 22.0 Å². The van der Waals surface area contributed by atoms with Crippen LogP contribution in [0.3, 0.4) is 0 Å². The third kappa shape index (κ3) is 4.11. The van der Waals surface area contributed by atoms with E-state index in [1.165, 1.54) is 17.0 Å². The van der Waals surface area contributed by atoms with Crippen molar-refractivity contribution in [1.29, 1.82) is 0 Å². The van der Waals surface area contributed by atoms with E-state index in [9.17, 15) is 13.2 Å². The number of nitrogens with one attached hydrogen (secondary N) is 1. The average Bonchev–Trinajstić information content (AvgIpc) is 2.50. The van der Waals surface area contributed by atoms with E-state index in [-0.39, 0.29) is 10.8 Å². The molecule has 0 saturated heterocycles. The summed E-state index contributed by atoms with van der Waals surface area (Å²) >= 11 is 3.37. The van der Waals surface area contributed by atoms with Crippen LogP contribution >= 0.6 is 15.9 Å². The number of amides is 1. The fourth-order valence-electron chi connectivity index (χ4n) is 1.98. The Kier molecular flexibility index (Phi) is 5.11. The average molecular weight is 397 g/mol. The van der Waals surface area contributed by atoms with Crippen LogP contribution in [0.15, 0.2) is 51.8 Å². The second-order valence-corrected chi connectivity index (χ2v) is 7.83. The third-order valence-corrected chi connectivity index (χ3v) is 5.48. The summed E-state index contributed by atoms with van der Waals surface area (Å²) in [5, 5.41) is 0. The first-order valence-electron chi connectivity index (χ1n) is 6.81. The molecule has 0 unspecified atom stereocenters. The zero-order chi connectivity index (χ0) is 17.2. The van der Waals surface area contributed by atoms with Crippen LogP contribution in [0.5, 0.6) is 0 Å². The second kappa shape index (κ2) is 6.72. The van der Waals surface area contributed by atoms with Crippen molar-refractivity contribution < 1.29 is 13.2 Å².